The van der Waals surface area contributed by atoms with Gasteiger partial charge in [0, 0.05) is 24.1 Å². The summed E-state index contributed by atoms with van der Waals surface area (Å²) < 4.78 is 16.3. The average Bonchev–Trinajstić information content (AvgIpc) is 2.73. The summed E-state index contributed by atoms with van der Waals surface area (Å²) in [7, 11) is 1.65. The first kappa shape index (κ1) is 19.8. The summed E-state index contributed by atoms with van der Waals surface area (Å²) in [6.07, 6.45) is 0.916. The van der Waals surface area contributed by atoms with Gasteiger partial charge < -0.3 is 19.2 Å². The van der Waals surface area contributed by atoms with Gasteiger partial charge in [-0.25, -0.2) is 0 Å². The van der Waals surface area contributed by atoms with Crippen LogP contribution >= 0.6 is 0 Å². The maximum Gasteiger partial charge on any atom is 0.312 e. The van der Waals surface area contributed by atoms with Crippen LogP contribution in [0.1, 0.15) is 34.7 Å². The Bertz CT molecular complexity index is 1100. The molecule has 154 valence electrons. The van der Waals surface area contributed by atoms with Gasteiger partial charge in [-0.15, -0.1) is 0 Å². The average molecular weight is 405 g/mol. The van der Waals surface area contributed by atoms with Crippen LogP contribution in [0.5, 0.6) is 17.2 Å². The third-order valence-corrected chi connectivity index (χ3v) is 5.21. The van der Waals surface area contributed by atoms with Crippen LogP contribution in [0.4, 0.5) is 0 Å². The van der Waals surface area contributed by atoms with Crippen molar-refractivity contribution in [2.75, 3.05) is 13.7 Å². The number of carbonyl (C=O) groups is 1. The molecule has 0 unspecified atom stereocenters. The molecule has 1 N–H and O–H groups in total. The lowest BCUT2D eigenvalue weighted by Crippen LogP contribution is -2.28. The van der Waals surface area contributed by atoms with E-state index in [0.29, 0.717) is 23.6 Å². The Balaban J connectivity index is 1.45. The number of ether oxygens (including phenoxy) is 3. The lowest BCUT2D eigenvalue weighted by atomic mass is 9.87. The number of benzene rings is 2. The summed E-state index contributed by atoms with van der Waals surface area (Å²) >= 11 is 0. The minimum absolute atomic E-state index is 0.136. The molecule has 0 saturated heterocycles. The van der Waals surface area contributed by atoms with Gasteiger partial charge in [-0.3, -0.25) is 9.59 Å². The standard InChI is InChI=1S/C24H23NO5/c1-15-13-21-23(24(27)25-15)20(14-22(26)30-21)17-5-9-19(10-6-17)29-12-11-16-3-7-18(28-2)8-4-16/h3-10,13,20H,11-12,14H2,1-2H3,(H,25,27)/t20-/m0/s1. The number of carbonyl (C=O) groups excluding carboxylic acids is 1. The molecule has 0 spiro atoms. The quantitative estimate of drug-likeness (QED) is 0.632. The van der Waals surface area contributed by atoms with Crippen molar-refractivity contribution in [2.24, 2.45) is 0 Å². The third kappa shape index (κ3) is 4.22. The second-order valence-corrected chi connectivity index (χ2v) is 7.31. The normalized spacial score (nSPS) is 15.3. The molecule has 0 amide bonds. The van der Waals surface area contributed by atoms with E-state index in [0.717, 1.165) is 23.5 Å². The van der Waals surface area contributed by atoms with Crippen molar-refractivity contribution in [3.05, 3.63) is 87.3 Å². The lowest BCUT2D eigenvalue weighted by molar-refractivity contribution is -0.135. The highest BCUT2D eigenvalue weighted by Gasteiger charge is 2.31. The number of hydrogen-bond acceptors (Lipinski definition) is 5. The van der Waals surface area contributed by atoms with Crippen molar-refractivity contribution in [1.29, 1.82) is 0 Å². The van der Waals surface area contributed by atoms with Crippen molar-refractivity contribution >= 4 is 5.97 Å². The van der Waals surface area contributed by atoms with Crippen molar-refractivity contribution in [2.45, 2.75) is 25.7 Å². The molecular formula is C24H23NO5. The Morgan fingerprint density at radius 1 is 1.03 bits per heavy atom. The fraction of sp³-hybridized carbons (Fsp3) is 0.250. The Kier molecular flexibility index (Phi) is 5.57. The number of methoxy groups -OCH3 is 1. The Morgan fingerprint density at radius 2 is 1.73 bits per heavy atom. The SMILES string of the molecule is COc1ccc(CCOc2ccc([C@@H]3CC(=O)Oc4cc(C)[nH]c(=O)c43)cc2)cc1. The van der Waals surface area contributed by atoms with Crippen molar-refractivity contribution in [3.63, 3.8) is 0 Å². The number of aromatic nitrogens is 1. The molecule has 30 heavy (non-hydrogen) atoms. The first-order valence-corrected chi connectivity index (χ1v) is 9.83. The number of fused-ring (bicyclic) bond motifs is 1. The molecule has 1 atom stereocenters. The van der Waals surface area contributed by atoms with Gasteiger partial charge in [0.2, 0.25) is 0 Å². The van der Waals surface area contributed by atoms with Gasteiger partial charge in [0.15, 0.2) is 0 Å². The summed E-state index contributed by atoms with van der Waals surface area (Å²) in [5, 5.41) is 0. The highest BCUT2D eigenvalue weighted by atomic mass is 16.5. The number of H-pyrrole nitrogens is 1. The first-order chi connectivity index (χ1) is 14.5. The molecule has 2 aromatic carbocycles. The van der Waals surface area contributed by atoms with Gasteiger partial charge >= 0.3 is 5.97 Å². The molecule has 1 aromatic heterocycles. The molecule has 6 heteroatoms. The van der Waals surface area contributed by atoms with E-state index in [1.54, 1.807) is 20.1 Å². The van der Waals surface area contributed by atoms with Crippen LogP contribution in [-0.4, -0.2) is 24.7 Å². The smallest absolute Gasteiger partial charge is 0.312 e. The van der Waals surface area contributed by atoms with E-state index in [9.17, 15) is 9.59 Å². The van der Waals surface area contributed by atoms with E-state index < -0.39 is 0 Å². The highest BCUT2D eigenvalue weighted by molar-refractivity contribution is 5.77. The van der Waals surface area contributed by atoms with Crippen molar-refractivity contribution in [1.82, 2.24) is 4.98 Å². The topological polar surface area (TPSA) is 77.6 Å². The number of aromatic amines is 1. The van der Waals surface area contributed by atoms with Crippen molar-refractivity contribution in [3.8, 4) is 17.2 Å². The number of esters is 1. The monoisotopic (exact) mass is 405 g/mol. The maximum absolute atomic E-state index is 12.5. The van der Waals surface area contributed by atoms with Crippen LogP contribution in [-0.2, 0) is 11.2 Å². The molecule has 3 aromatic rings. The minimum atomic E-state index is -0.336. The number of pyridine rings is 1. The first-order valence-electron chi connectivity index (χ1n) is 9.83. The van der Waals surface area contributed by atoms with Crippen LogP contribution in [0.3, 0.4) is 0 Å². The lowest BCUT2D eigenvalue weighted by Gasteiger charge is -2.24. The second-order valence-electron chi connectivity index (χ2n) is 7.31. The molecule has 1 aliphatic heterocycles. The maximum atomic E-state index is 12.5. The molecule has 1 aliphatic rings. The zero-order valence-corrected chi connectivity index (χ0v) is 16.9. The van der Waals surface area contributed by atoms with E-state index in [1.807, 2.05) is 48.5 Å². The van der Waals surface area contributed by atoms with Crippen LogP contribution in [0, 0.1) is 6.92 Å². The van der Waals surface area contributed by atoms with E-state index >= 15 is 0 Å². The summed E-state index contributed by atoms with van der Waals surface area (Å²) in [4.78, 5) is 27.3. The van der Waals surface area contributed by atoms with E-state index in [1.165, 1.54) is 5.56 Å². The molecule has 2 heterocycles. The predicted molar refractivity (Wildman–Crippen MR) is 113 cm³/mol. The fourth-order valence-electron chi connectivity index (χ4n) is 3.68. The Hall–Kier alpha value is -3.54. The van der Waals surface area contributed by atoms with E-state index in [4.69, 9.17) is 14.2 Å². The van der Waals surface area contributed by atoms with Crippen LogP contribution in [0.2, 0.25) is 0 Å². The number of rotatable bonds is 6. The molecule has 0 saturated carbocycles. The Labute approximate surface area is 174 Å². The number of aryl methyl sites for hydroxylation is 1. The Morgan fingerprint density at radius 3 is 2.43 bits per heavy atom. The number of nitrogens with one attached hydrogen (secondary N) is 1. The van der Waals surface area contributed by atoms with Crippen LogP contribution < -0.4 is 19.8 Å². The van der Waals surface area contributed by atoms with Crippen LogP contribution in [0.25, 0.3) is 0 Å². The second kappa shape index (κ2) is 8.45. The van der Waals surface area contributed by atoms with E-state index in [-0.39, 0.29) is 23.9 Å². The fourth-order valence-corrected chi connectivity index (χ4v) is 3.68. The highest BCUT2D eigenvalue weighted by Crippen LogP contribution is 2.37. The van der Waals surface area contributed by atoms with Gasteiger partial charge in [-0.1, -0.05) is 24.3 Å². The molecule has 0 fully saturated rings. The minimum Gasteiger partial charge on any atom is -0.497 e. The van der Waals surface area contributed by atoms with Gasteiger partial charge in [0.25, 0.3) is 5.56 Å². The number of hydrogen-bond donors (Lipinski definition) is 1. The molecule has 0 bridgehead atoms. The summed E-state index contributed by atoms with van der Waals surface area (Å²) in [6.45, 7) is 2.31. The largest absolute Gasteiger partial charge is 0.497 e. The van der Waals surface area contributed by atoms with Gasteiger partial charge in [0.1, 0.15) is 17.2 Å². The molecule has 0 aliphatic carbocycles. The molecule has 4 rings (SSSR count). The zero-order valence-electron chi connectivity index (χ0n) is 16.9. The van der Waals surface area contributed by atoms with Gasteiger partial charge in [-0.05, 0) is 42.3 Å². The van der Waals surface area contributed by atoms with E-state index in [2.05, 4.69) is 4.98 Å². The predicted octanol–water partition coefficient (Wildman–Crippen LogP) is 3.75. The third-order valence-electron chi connectivity index (χ3n) is 5.21. The van der Waals surface area contributed by atoms with Crippen molar-refractivity contribution < 1.29 is 19.0 Å². The summed E-state index contributed by atoms with van der Waals surface area (Å²) in [5.74, 6) is 1.25. The zero-order chi connectivity index (χ0) is 21.1. The molecule has 0 radical (unpaired) electrons. The summed E-state index contributed by atoms with van der Waals surface area (Å²) in [5.41, 5.74) is 2.98. The molecular weight excluding hydrogens is 382 g/mol. The summed E-state index contributed by atoms with van der Waals surface area (Å²) in [6, 6.07) is 17.1. The molecule has 6 nitrogen and oxygen atoms in total. The van der Waals surface area contributed by atoms with Crippen LogP contribution in [0.15, 0.2) is 59.4 Å². The van der Waals surface area contributed by atoms with Gasteiger partial charge in [0.05, 0.1) is 25.7 Å². The van der Waals surface area contributed by atoms with Gasteiger partial charge in [-0.2, -0.15) is 0 Å².